The number of Topliss-reactive ketones (excluding diaryl/α,β-unsaturated/α-hetero) is 4. The molecule has 1 aliphatic rings. The Bertz CT molecular complexity index is 2430. The molecule has 0 radical (unpaired) electrons. The third kappa shape index (κ3) is 9.38. The molecule has 1 unspecified atom stereocenters. The van der Waals surface area contributed by atoms with Gasteiger partial charge in [-0.1, -0.05) is 183 Å². The lowest BCUT2D eigenvalue weighted by atomic mass is 9.82. The predicted octanol–water partition coefficient (Wildman–Crippen LogP) is 15.4. The Morgan fingerprint density at radius 1 is 0.525 bits per heavy atom. The van der Waals surface area contributed by atoms with E-state index in [2.05, 4.69) is 38.1 Å². The molecule has 1 aliphatic carbocycles. The minimum Gasteiger partial charge on any atom is -0.294 e. The van der Waals surface area contributed by atoms with Crippen LogP contribution in [0.3, 0.4) is 0 Å². The summed E-state index contributed by atoms with van der Waals surface area (Å²) in [5.74, 6) is -0.411. The number of aryl methyl sites for hydroxylation is 1. The van der Waals surface area contributed by atoms with Gasteiger partial charge in [0.2, 0.25) is 0 Å². The van der Waals surface area contributed by atoms with Crippen molar-refractivity contribution in [3.8, 4) is 0 Å². The first kappa shape index (κ1) is 42.4. The molecule has 0 saturated carbocycles. The molecule has 6 aromatic carbocycles. The fourth-order valence-corrected chi connectivity index (χ4v) is 10.1. The Kier molecular flexibility index (Phi) is 14.4. The fourth-order valence-electron chi connectivity index (χ4n) is 10.1. The second-order valence-electron chi connectivity index (χ2n) is 17.6. The van der Waals surface area contributed by atoms with Gasteiger partial charge in [-0.15, -0.1) is 0 Å². The Labute approximate surface area is 351 Å². The molecular formula is C55H64O4. The number of hydrogen-bond donors (Lipinski definition) is 0. The summed E-state index contributed by atoms with van der Waals surface area (Å²) in [4.78, 5) is 55.9. The summed E-state index contributed by atoms with van der Waals surface area (Å²) in [5, 5.41) is 7.01. The lowest BCUT2D eigenvalue weighted by Crippen LogP contribution is -2.19. The van der Waals surface area contributed by atoms with Crippen molar-refractivity contribution in [1.82, 2.24) is 0 Å². The van der Waals surface area contributed by atoms with Gasteiger partial charge in [-0.25, -0.2) is 0 Å². The molecule has 59 heavy (non-hydrogen) atoms. The van der Waals surface area contributed by atoms with Crippen LogP contribution in [0.25, 0.3) is 43.1 Å². The zero-order valence-electron chi connectivity index (χ0n) is 36.0. The van der Waals surface area contributed by atoms with Crippen molar-refractivity contribution >= 4 is 66.2 Å². The van der Waals surface area contributed by atoms with Crippen LogP contribution in [0.15, 0.2) is 72.8 Å². The molecule has 0 saturated heterocycles. The van der Waals surface area contributed by atoms with Crippen LogP contribution in [0.4, 0.5) is 0 Å². The zero-order chi connectivity index (χ0) is 41.3. The minimum absolute atomic E-state index is 0.000240. The molecule has 4 heteroatoms. The van der Waals surface area contributed by atoms with E-state index >= 15 is 0 Å². The SMILES string of the molecule is CCCCCCCCCCCCCC(=O)c1ccc2c3ccc4c5c(ccc(c6ccc(C(C)=O)c1c62)c53)C(=O)CC(Cc1cccc(CCCCCCCC)c1)C4=O. The number of ketones is 4. The van der Waals surface area contributed by atoms with Gasteiger partial charge in [0.25, 0.3) is 0 Å². The standard InChI is InChI=1S/C55H64O4/c1-4-6-8-10-12-13-14-15-16-18-20-25-49(57)46-31-28-43-45-30-33-48-54-47(32-29-44(53(45)54)42-27-26-41(37(3)56)51(46)52(42)43)50(58)36-40(55(48)59)35-39-24-21-23-38(34-39)22-19-17-11-9-7-5-2/h21,23-24,26-34,40H,4-20,22,25,35-36H2,1-3H3. The first-order valence-electron chi connectivity index (χ1n) is 23.2. The van der Waals surface area contributed by atoms with Gasteiger partial charge in [-0.2, -0.15) is 0 Å². The topological polar surface area (TPSA) is 68.3 Å². The molecule has 0 N–H and O–H groups in total. The maximum atomic E-state index is 14.6. The van der Waals surface area contributed by atoms with Crippen molar-refractivity contribution in [1.29, 1.82) is 0 Å². The van der Waals surface area contributed by atoms with Crippen molar-refractivity contribution in [2.45, 2.75) is 156 Å². The third-order valence-electron chi connectivity index (χ3n) is 13.2. The van der Waals surface area contributed by atoms with Gasteiger partial charge in [0.1, 0.15) is 0 Å². The van der Waals surface area contributed by atoms with Crippen molar-refractivity contribution in [2.75, 3.05) is 0 Å². The predicted molar refractivity (Wildman–Crippen MR) is 247 cm³/mol. The average Bonchev–Trinajstić information content (AvgIpc) is 3.34. The van der Waals surface area contributed by atoms with Crippen molar-refractivity contribution in [3.05, 3.63) is 106 Å². The highest BCUT2D eigenvalue weighted by molar-refractivity contribution is 6.39. The van der Waals surface area contributed by atoms with Crippen LogP contribution >= 0.6 is 0 Å². The van der Waals surface area contributed by atoms with Crippen LogP contribution in [-0.2, 0) is 12.8 Å². The highest BCUT2D eigenvalue weighted by Crippen LogP contribution is 2.46. The van der Waals surface area contributed by atoms with Crippen LogP contribution in [0.2, 0.25) is 0 Å². The summed E-state index contributed by atoms with van der Waals surface area (Å²) in [6.45, 7) is 6.08. The largest absolute Gasteiger partial charge is 0.294 e. The minimum atomic E-state index is -0.442. The van der Waals surface area contributed by atoms with Crippen LogP contribution < -0.4 is 0 Å². The number of unbranched alkanes of at least 4 members (excludes halogenated alkanes) is 15. The summed E-state index contributed by atoms with van der Waals surface area (Å²) in [5.41, 5.74) is 4.79. The van der Waals surface area contributed by atoms with E-state index < -0.39 is 5.92 Å². The monoisotopic (exact) mass is 788 g/mol. The summed E-state index contributed by atoms with van der Waals surface area (Å²) in [6.07, 6.45) is 23.2. The number of carbonyl (C=O) groups excluding carboxylic acids is 4. The molecule has 7 rings (SSSR count). The fraction of sp³-hybridized carbons (Fsp3) is 0.455. The van der Waals surface area contributed by atoms with E-state index in [4.69, 9.17) is 0 Å². The molecule has 0 amide bonds. The number of carbonyl (C=O) groups is 4. The quantitative estimate of drug-likeness (QED) is 0.0281. The van der Waals surface area contributed by atoms with E-state index in [0.29, 0.717) is 35.1 Å². The maximum Gasteiger partial charge on any atom is 0.167 e. The molecule has 1 atom stereocenters. The van der Waals surface area contributed by atoms with Crippen molar-refractivity contribution in [3.63, 3.8) is 0 Å². The normalized spacial score (nSPS) is 14.3. The lowest BCUT2D eigenvalue weighted by molar-refractivity contribution is 0.0859. The Morgan fingerprint density at radius 3 is 1.64 bits per heavy atom. The smallest absolute Gasteiger partial charge is 0.167 e. The molecule has 0 aliphatic heterocycles. The lowest BCUT2D eigenvalue weighted by Gasteiger charge is -2.19. The van der Waals surface area contributed by atoms with Crippen molar-refractivity contribution in [2.24, 2.45) is 5.92 Å². The second-order valence-corrected chi connectivity index (χ2v) is 17.6. The van der Waals surface area contributed by atoms with Gasteiger partial charge in [0, 0.05) is 51.8 Å². The summed E-state index contributed by atoms with van der Waals surface area (Å²) < 4.78 is 0. The van der Waals surface area contributed by atoms with E-state index in [1.807, 2.05) is 48.5 Å². The highest BCUT2D eigenvalue weighted by Gasteiger charge is 2.33. The average molecular weight is 789 g/mol. The second kappa shape index (κ2) is 20.0. The molecule has 0 spiro atoms. The molecule has 0 aromatic heterocycles. The van der Waals surface area contributed by atoms with Gasteiger partial charge < -0.3 is 0 Å². The van der Waals surface area contributed by atoms with E-state index in [9.17, 15) is 19.2 Å². The molecule has 0 heterocycles. The molecule has 308 valence electrons. The molecule has 0 fully saturated rings. The summed E-state index contributed by atoms with van der Waals surface area (Å²) in [6, 6.07) is 24.3. The van der Waals surface area contributed by atoms with Crippen LogP contribution in [-0.4, -0.2) is 23.1 Å². The van der Waals surface area contributed by atoms with Gasteiger partial charge in [-0.05, 0) is 76.1 Å². The van der Waals surface area contributed by atoms with Gasteiger partial charge in [0.15, 0.2) is 23.1 Å². The Hall–Kier alpha value is -4.70. The zero-order valence-corrected chi connectivity index (χ0v) is 36.0. The third-order valence-corrected chi connectivity index (χ3v) is 13.2. The van der Waals surface area contributed by atoms with Crippen LogP contribution in [0.5, 0.6) is 0 Å². The number of hydrogen-bond acceptors (Lipinski definition) is 4. The van der Waals surface area contributed by atoms with E-state index in [1.165, 1.54) is 95.5 Å². The first-order valence-corrected chi connectivity index (χ1v) is 23.2. The van der Waals surface area contributed by atoms with E-state index in [0.717, 1.165) is 74.3 Å². The van der Waals surface area contributed by atoms with E-state index in [1.54, 1.807) is 6.92 Å². The number of fused-ring (bicyclic) bond motifs is 2. The van der Waals surface area contributed by atoms with Gasteiger partial charge >= 0.3 is 0 Å². The van der Waals surface area contributed by atoms with Crippen LogP contribution in [0, 0.1) is 5.92 Å². The van der Waals surface area contributed by atoms with Crippen LogP contribution in [0.1, 0.15) is 195 Å². The molecule has 6 aromatic rings. The number of rotatable bonds is 23. The van der Waals surface area contributed by atoms with Gasteiger partial charge in [0.05, 0.1) is 0 Å². The maximum absolute atomic E-state index is 14.6. The Morgan fingerprint density at radius 2 is 1.03 bits per heavy atom. The number of benzene rings is 6. The molecule has 4 nitrogen and oxygen atoms in total. The molecule has 0 bridgehead atoms. The summed E-state index contributed by atoms with van der Waals surface area (Å²) in [7, 11) is 0. The first-order chi connectivity index (χ1) is 28.8. The summed E-state index contributed by atoms with van der Waals surface area (Å²) >= 11 is 0. The van der Waals surface area contributed by atoms with Gasteiger partial charge in [-0.3, -0.25) is 19.2 Å². The van der Waals surface area contributed by atoms with Crippen molar-refractivity contribution < 1.29 is 19.2 Å². The van der Waals surface area contributed by atoms with E-state index in [-0.39, 0.29) is 29.6 Å². The highest BCUT2D eigenvalue weighted by atomic mass is 16.1. The molecular weight excluding hydrogens is 725 g/mol. The Balaban J connectivity index is 1.15.